The van der Waals surface area contributed by atoms with Crippen molar-refractivity contribution in [3.05, 3.63) is 5.82 Å². The van der Waals surface area contributed by atoms with Crippen LogP contribution in [0.15, 0.2) is 5.16 Å². The van der Waals surface area contributed by atoms with Crippen LogP contribution in [0.4, 0.5) is 0 Å². The van der Waals surface area contributed by atoms with Gasteiger partial charge in [0.15, 0.2) is 5.16 Å². The second-order valence-electron chi connectivity index (χ2n) is 3.79. The summed E-state index contributed by atoms with van der Waals surface area (Å²) in [5, 5.41) is 18.2. The highest BCUT2D eigenvalue weighted by molar-refractivity contribution is 7.99. The first-order valence-corrected chi connectivity index (χ1v) is 6.56. The Morgan fingerprint density at radius 1 is 1.27 bits per heavy atom. The summed E-state index contributed by atoms with van der Waals surface area (Å²) in [7, 11) is 0. The van der Waals surface area contributed by atoms with Crippen LogP contribution in [0, 0.1) is 0 Å². The Morgan fingerprint density at radius 2 is 2.20 bits per heavy atom. The molecule has 0 fully saturated rings. The fourth-order valence-corrected chi connectivity index (χ4v) is 2.70. The smallest absolute Gasteiger partial charge is 0.191 e. The van der Waals surface area contributed by atoms with E-state index in [0.29, 0.717) is 0 Å². The number of aryl methyl sites for hydroxylation is 1. The number of hydrogen-bond donors (Lipinski definition) is 1. The number of aromatic nitrogens is 3. The molecule has 2 rings (SSSR count). The van der Waals surface area contributed by atoms with Crippen LogP contribution in [0.5, 0.6) is 0 Å². The second kappa shape index (κ2) is 5.51. The van der Waals surface area contributed by atoms with Crippen molar-refractivity contribution in [2.24, 2.45) is 0 Å². The van der Waals surface area contributed by atoms with Crippen LogP contribution in [0.25, 0.3) is 0 Å². The van der Waals surface area contributed by atoms with Gasteiger partial charge >= 0.3 is 0 Å². The van der Waals surface area contributed by atoms with E-state index in [2.05, 4.69) is 14.8 Å². The average molecular weight is 227 g/mol. The summed E-state index contributed by atoms with van der Waals surface area (Å²) in [6.07, 6.45) is 5.66. The summed E-state index contributed by atoms with van der Waals surface area (Å²) < 4.78 is 2.25. The highest BCUT2D eigenvalue weighted by atomic mass is 32.2. The lowest BCUT2D eigenvalue weighted by Crippen LogP contribution is -2.02. The Bertz CT molecular complexity index is 314. The van der Waals surface area contributed by atoms with Crippen LogP contribution in [-0.4, -0.2) is 32.2 Å². The molecule has 1 N–H and O–H groups in total. The highest BCUT2D eigenvalue weighted by Crippen LogP contribution is 2.21. The van der Waals surface area contributed by atoms with Crippen molar-refractivity contribution in [3.8, 4) is 0 Å². The lowest BCUT2D eigenvalue weighted by atomic mass is 10.2. The van der Waals surface area contributed by atoms with E-state index < -0.39 is 0 Å². The molecular formula is C10H17N3OS. The first kappa shape index (κ1) is 11.0. The van der Waals surface area contributed by atoms with Gasteiger partial charge in [-0.1, -0.05) is 18.2 Å². The molecule has 0 unspecified atom stereocenters. The molecule has 1 aromatic rings. The van der Waals surface area contributed by atoms with E-state index in [1.165, 1.54) is 19.3 Å². The maximum absolute atomic E-state index is 8.72. The summed E-state index contributed by atoms with van der Waals surface area (Å²) >= 11 is 1.70. The van der Waals surface area contributed by atoms with Crippen molar-refractivity contribution >= 4 is 11.8 Å². The third kappa shape index (κ3) is 2.72. The molecule has 15 heavy (non-hydrogen) atoms. The van der Waals surface area contributed by atoms with Gasteiger partial charge in [0.2, 0.25) is 0 Å². The quantitative estimate of drug-likeness (QED) is 0.625. The van der Waals surface area contributed by atoms with E-state index in [4.69, 9.17) is 5.11 Å². The number of thioether (sulfide) groups is 1. The monoisotopic (exact) mass is 227 g/mol. The van der Waals surface area contributed by atoms with Crippen molar-refractivity contribution in [1.29, 1.82) is 0 Å². The molecule has 0 saturated heterocycles. The van der Waals surface area contributed by atoms with Crippen LogP contribution < -0.4 is 0 Å². The van der Waals surface area contributed by atoms with E-state index in [0.717, 1.165) is 36.1 Å². The molecule has 0 radical (unpaired) electrons. The first-order valence-electron chi connectivity index (χ1n) is 5.57. The Morgan fingerprint density at radius 3 is 3.07 bits per heavy atom. The molecule has 2 heterocycles. The normalized spacial score (nSPS) is 16.1. The Labute approximate surface area is 94.1 Å². The minimum atomic E-state index is 0.258. The first-order chi connectivity index (χ1) is 7.42. The third-order valence-corrected chi connectivity index (χ3v) is 3.66. The van der Waals surface area contributed by atoms with E-state index in [-0.39, 0.29) is 6.61 Å². The maximum atomic E-state index is 8.72. The van der Waals surface area contributed by atoms with Crippen LogP contribution in [0.3, 0.4) is 0 Å². The molecule has 1 aliphatic heterocycles. The lowest BCUT2D eigenvalue weighted by Gasteiger charge is -2.05. The van der Waals surface area contributed by atoms with Gasteiger partial charge in [0.05, 0.1) is 0 Å². The van der Waals surface area contributed by atoms with E-state index >= 15 is 0 Å². The zero-order chi connectivity index (χ0) is 10.5. The summed E-state index contributed by atoms with van der Waals surface area (Å²) in [6, 6.07) is 0. The van der Waals surface area contributed by atoms with Crippen molar-refractivity contribution < 1.29 is 5.11 Å². The zero-order valence-electron chi connectivity index (χ0n) is 8.85. The SMILES string of the molecule is OCCCSc1nnc2n1CCCCC2. The summed E-state index contributed by atoms with van der Waals surface area (Å²) in [5.41, 5.74) is 0. The van der Waals surface area contributed by atoms with Gasteiger partial charge < -0.3 is 9.67 Å². The molecule has 0 amide bonds. The predicted molar refractivity (Wildman–Crippen MR) is 60.0 cm³/mol. The van der Waals surface area contributed by atoms with Crippen molar-refractivity contribution in [1.82, 2.24) is 14.8 Å². The fourth-order valence-electron chi connectivity index (χ4n) is 1.79. The molecule has 4 nitrogen and oxygen atoms in total. The zero-order valence-corrected chi connectivity index (χ0v) is 9.67. The molecule has 0 saturated carbocycles. The van der Waals surface area contributed by atoms with Gasteiger partial charge in [-0.15, -0.1) is 10.2 Å². The fraction of sp³-hybridized carbons (Fsp3) is 0.800. The molecule has 1 aliphatic rings. The topological polar surface area (TPSA) is 50.9 Å². The molecule has 1 aromatic heterocycles. The second-order valence-corrected chi connectivity index (χ2v) is 4.85. The number of hydrogen-bond acceptors (Lipinski definition) is 4. The minimum absolute atomic E-state index is 0.258. The Balaban J connectivity index is 2.01. The predicted octanol–water partition coefficient (Wildman–Crippen LogP) is 1.48. The molecular weight excluding hydrogens is 210 g/mol. The number of aliphatic hydroxyl groups excluding tert-OH is 1. The number of fused-ring (bicyclic) bond motifs is 1. The Hall–Kier alpha value is -0.550. The maximum Gasteiger partial charge on any atom is 0.191 e. The largest absolute Gasteiger partial charge is 0.396 e. The van der Waals surface area contributed by atoms with Gasteiger partial charge in [0, 0.05) is 25.3 Å². The number of nitrogens with zero attached hydrogens (tertiary/aromatic N) is 3. The summed E-state index contributed by atoms with van der Waals surface area (Å²) in [5.74, 6) is 2.06. The molecule has 5 heteroatoms. The average Bonchev–Trinajstić information content (AvgIpc) is 2.50. The van der Waals surface area contributed by atoms with Gasteiger partial charge in [0.1, 0.15) is 5.82 Å². The number of aliphatic hydroxyl groups is 1. The van der Waals surface area contributed by atoms with Crippen molar-refractivity contribution in [3.63, 3.8) is 0 Å². The van der Waals surface area contributed by atoms with E-state index in [9.17, 15) is 0 Å². The van der Waals surface area contributed by atoms with Gasteiger partial charge in [0.25, 0.3) is 0 Å². The molecule has 0 spiro atoms. The van der Waals surface area contributed by atoms with E-state index in [1.54, 1.807) is 11.8 Å². The van der Waals surface area contributed by atoms with Gasteiger partial charge in [-0.2, -0.15) is 0 Å². The van der Waals surface area contributed by atoms with E-state index in [1.807, 2.05) is 0 Å². The van der Waals surface area contributed by atoms with Crippen LogP contribution in [0.2, 0.25) is 0 Å². The van der Waals surface area contributed by atoms with Crippen LogP contribution in [-0.2, 0) is 13.0 Å². The number of rotatable bonds is 4. The minimum Gasteiger partial charge on any atom is -0.396 e. The van der Waals surface area contributed by atoms with Gasteiger partial charge in [-0.25, -0.2) is 0 Å². The van der Waals surface area contributed by atoms with Crippen LogP contribution in [0.1, 0.15) is 31.5 Å². The Kier molecular flexibility index (Phi) is 4.02. The molecule has 0 bridgehead atoms. The molecule has 0 aromatic carbocycles. The molecule has 0 aliphatic carbocycles. The van der Waals surface area contributed by atoms with Crippen molar-refractivity contribution in [2.45, 2.75) is 43.8 Å². The summed E-state index contributed by atoms with van der Waals surface area (Å²) in [6.45, 7) is 1.32. The van der Waals surface area contributed by atoms with Gasteiger partial charge in [-0.3, -0.25) is 0 Å². The van der Waals surface area contributed by atoms with Gasteiger partial charge in [-0.05, 0) is 19.3 Å². The molecule has 0 atom stereocenters. The standard InChI is InChI=1S/C10H17N3OS/c14-7-4-8-15-10-12-11-9-5-2-1-3-6-13(9)10/h14H,1-8H2. The molecule has 84 valence electrons. The summed E-state index contributed by atoms with van der Waals surface area (Å²) in [4.78, 5) is 0. The van der Waals surface area contributed by atoms with Crippen LogP contribution >= 0.6 is 11.8 Å². The lowest BCUT2D eigenvalue weighted by molar-refractivity contribution is 0.296. The third-order valence-electron chi connectivity index (χ3n) is 2.61. The van der Waals surface area contributed by atoms with Crippen molar-refractivity contribution in [2.75, 3.05) is 12.4 Å². The highest BCUT2D eigenvalue weighted by Gasteiger charge is 2.14.